The summed E-state index contributed by atoms with van der Waals surface area (Å²) < 4.78 is 99.0. The highest BCUT2D eigenvalue weighted by Gasteiger charge is 2.52. The Morgan fingerprint density at radius 3 is 1.07 bits per heavy atom. The third-order valence-electron chi connectivity index (χ3n) is 23.8. The second-order valence-electron chi connectivity index (χ2n) is 31.2. The van der Waals surface area contributed by atoms with Crippen molar-refractivity contribution in [2.24, 2.45) is 33.2 Å². The zero-order valence-corrected chi connectivity index (χ0v) is 60.6. The lowest BCUT2D eigenvalue weighted by Crippen LogP contribution is -2.25. The minimum absolute atomic E-state index is 0.0328. The van der Waals surface area contributed by atoms with Crippen LogP contribution in [0, 0.1) is 38.5 Å². The number of fused-ring (bicyclic) bond motifs is 6. The summed E-state index contributed by atoms with van der Waals surface area (Å²) in [5.41, 5.74) is 13.8. The fourth-order valence-electron chi connectivity index (χ4n) is 17.5. The van der Waals surface area contributed by atoms with Gasteiger partial charge in [-0.2, -0.15) is 0 Å². The van der Waals surface area contributed by atoms with Crippen LogP contribution in [-0.2, 0) is 71.6 Å². The number of rotatable bonds is 15. The molecule has 6 fully saturated rings. The normalized spacial score (nSPS) is 20.2. The van der Waals surface area contributed by atoms with Crippen molar-refractivity contribution in [1.29, 1.82) is 0 Å². The molecule has 7 N–H and O–H groups in total. The number of primary sulfonamides is 3. The summed E-state index contributed by atoms with van der Waals surface area (Å²) in [7, 11) is -11.5. The second kappa shape index (κ2) is 26.2. The molecule has 0 bridgehead atoms. The average molecular weight is 1380 g/mol. The molecule has 3 spiro atoms. The number of nitrogens with two attached hydrogens (primary N) is 3. The van der Waals surface area contributed by atoms with Gasteiger partial charge in [-0.1, -0.05) is 64.4 Å². The Labute approximate surface area is 575 Å². The van der Waals surface area contributed by atoms with Crippen LogP contribution in [0.5, 0.6) is 17.2 Å². The fraction of sp³-hybridized carbons (Fsp3) is 0.571. The number of aliphatic hydroxyl groups is 1. The van der Waals surface area contributed by atoms with Gasteiger partial charge in [0.2, 0.25) is 30.1 Å². The molecule has 20 heteroatoms. The number of benzene rings is 3. The van der Waals surface area contributed by atoms with E-state index in [1.165, 1.54) is 89.0 Å². The molecule has 0 amide bonds. The van der Waals surface area contributed by atoms with Crippen molar-refractivity contribution < 1.29 is 49.4 Å². The molecular formula is C77H102N6O11S3. The van der Waals surface area contributed by atoms with Crippen molar-refractivity contribution in [3.8, 4) is 51.0 Å². The van der Waals surface area contributed by atoms with Crippen LogP contribution in [0.2, 0.25) is 0 Å². The molecule has 3 aromatic heterocycles. The van der Waals surface area contributed by atoms with Crippen LogP contribution in [0.25, 0.3) is 39.3 Å². The first kappa shape index (κ1) is 69.5. The van der Waals surface area contributed by atoms with Crippen LogP contribution in [-0.4, -0.2) is 69.7 Å². The number of ketones is 1. The van der Waals surface area contributed by atoms with Crippen molar-refractivity contribution in [1.82, 2.24) is 13.7 Å². The molecule has 0 atom stereocenters. The maximum atomic E-state index is 12.6. The number of aromatic nitrogens is 3. The quantitative estimate of drug-likeness (QED) is 0.0703. The van der Waals surface area contributed by atoms with E-state index in [4.69, 9.17) is 29.6 Å². The van der Waals surface area contributed by atoms with Crippen molar-refractivity contribution in [3.05, 3.63) is 112 Å². The van der Waals surface area contributed by atoms with E-state index in [2.05, 4.69) is 44.5 Å². The lowest BCUT2D eigenvalue weighted by atomic mass is 9.83. The molecule has 9 aliphatic rings. The van der Waals surface area contributed by atoms with E-state index in [0.29, 0.717) is 47.9 Å². The molecule has 0 saturated heterocycles. The van der Waals surface area contributed by atoms with Gasteiger partial charge in [0.05, 0.1) is 31.0 Å². The molecule has 3 aromatic carbocycles. The smallest absolute Gasteiger partial charge is 0.239 e. The van der Waals surface area contributed by atoms with E-state index in [0.717, 1.165) is 181 Å². The zero-order valence-electron chi connectivity index (χ0n) is 58.2. The van der Waals surface area contributed by atoms with E-state index in [9.17, 15) is 35.2 Å². The van der Waals surface area contributed by atoms with Crippen LogP contribution < -0.4 is 29.6 Å². The Balaban J connectivity index is 0.000000131. The summed E-state index contributed by atoms with van der Waals surface area (Å²) in [6, 6.07) is 17.7. The van der Waals surface area contributed by atoms with Gasteiger partial charge < -0.3 is 33.0 Å². The molecule has 6 aromatic rings. The third-order valence-corrected chi connectivity index (χ3v) is 26.9. The summed E-state index contributed by atoms with van der Waals surface area (Å²) >= 11 is 0. The number of carbonyl (C=O) groups excluding carboxylic acids is 1. The molecule has 6 saturated carbocycles. The van der Waals surface area contributed by atoms with Gasteiger partial charge in [-0.05, 0) is 239 Å². The van der Waals surface area contributed by atoms with Crippen molar-refractivity contribution in [2.45, 2.75) is 259 Å². The Morgan fingerprint density at radius 1 is 0.474 bits per heavy atom. The molecule has 0 radical (unpaired) electrons. The number of hydrogen-bond donors (Lipinski definition) is 4. The molecule has 524 valence electrons. The lowest BCUT2D eigenvalue weighted by molar-refractivity contribution is 0.0733. The monoisotopic (exact) mass is 1380 g/mol. The molecular weight excluding hydrogens is 1280 g/mol. The minimum atomic E-state index is -3.85. The Hall–Kier alpha value is -6.00. The van der Waals surface area contributed by atoms with Gasteiger partial charge in [0.25, 0.3) is 0 Å². The Kier molecular flexibility index (Phi) is 18.8. The summed E-state index contributed by atoms with van der Waals surface area (Å²) in [5.74, 6) is 4.08. The highest BCUT2D eigenvalue weighted by molar-refractivity contribution is 7.89. The molecule has 6 aliphatic carbocycles. The molecule has 15 rings (SSSR count). The summed E-state index contributed by atoms with van der Waals surface area (Å²) in [4.78, 5) is 13.2. The maximum absolute atomic E-state index is 12.6. The van der Waals surface area contributed by atoms with E-state index < -0.39 is 35.7 Å². The van der Waals surface area contributed by atoms with Crippen LogP contribution >= 0.6 is 0 Å². The molecule has 3 aliphatic heterocycles. The highest BCUT2D eigenvalue weighted by Crippen LogP contribution is 2.61. The predicted molar refractivity (Wildman–Crippen MR) is 381 cm³/mol. The molecule has 0 unspecified atom stereocenters. The molecule has 97 heavy (non-hydrogen) atoms. The largest absolute Gasteiger partial charge is 0.493 e. The van der Waals surface area contributed by atoms with E-state index in [1.54, 1.807) is 39.0 Å². The van der Waals surface area contributed by atoms with Gasteiger partial charge in [-0.25, -0.2) is 40.7 Å². The molecule has 17 nitrogen and oxygen atoms in total. The van der Waals surface area contributed by atoms with Gasteiger partial charge in [0.1, 0.15) is 31.9 Å². The van der Waals surface area contributed by atoms with Gasteiger partial charge in [0, 0.05) is 97.9 Å². The number of sulfonamides is 3. The standard InChI is InChI=1S/C26H36N2O4S.C26H34N2O3S.C25H32N2O4S/c1-17-23(33(27,30)31)15-22(28(17)16-18-7-5-4-6-8-18)19-13-20(25(2,3)29)24-21(14-19)26(9-10-26)11-12-32-24;1-17(2)21-13-20(14-22-25(21)31-12-11-26(22)9-10-26)23-15-24(32(27,29)30)18(3)28(23)16-19-7-5-4-6-8-19;1-16-23(32(26,29)30)14-22(27(16)15-18-6-4-3-5-7-18)19-12-20(17(2)28)24-21(13-19)25(8-9-25)10-11-31-24/h13-15,18,29H,4-12,16H2,1-3H3,(H2,27,30,31);13-15,19H,1,4-12,16H2,2-3H3,(H2,27,29,30);12-14,18H,3-11,15H2,1-2H3,(H2,26,29,30). The third kappa shape index (κ3) is 13.9. The first-order valence-electron chi connectivity index (χ1n) is 35.9. The van der Waals surface area contributed by atoms with Crippen LogP contribution in [0.15, 0.2) is 75.9 Å². The summed E-state index contributed by atoms with van der Waals surface area (Å²) in [6.07, 6.45) is 28.1. The van der Waals surface area contributed by atoms with Crippen LogP contribution in [0.3, 0.4) is 0 Å². The van der Waals surface area contributed by atoms with Gasteiger partial charge in [-0.3, -0.25) is 4.79 Å². The lowest BCUT2D eigenvalue weighted by Gasteiger charge is -2.32. The number of allylic oxidation sites excluding steroid dienone is 1. The topological polar surface area (TPSA) is 260 Å². The number of carbonyl (C=O) groups is 1. The van der Waals surface area contributed by atoms with Crippen molar-refractivity contribution >= 4 is 41.4 Å². The van der Waals surface area contributed by atoms with Crippen LogP contribution in [0.1, 0.15) is 237 Å². The maximum Gasteiger partial charge on any atom is 0.239 e. The van der Waals surface area contributed by atoms with Gasteiger partial charge in [0.15, 0.2) is 5.78 Å². The van der Waals surface area contributed by atoms with Gasteiger partial charge >= 0.3 is 0 Å². The zero-order chi connectivity index (χ0) is 68.9. The minimum Gasteiger partial charge on any atom is -0.493 e. The SMILES string of the molecule is C=C(C)c1cc(-c2cc(S(N)(=O)=O)c(C)n2CC2CCCCC2)cc2c1OCCC21CC1.CC(=O)c1cc(-c2cc(S(N)(=O)=O)c(C)n2CC2CCCCC2)cc2c1OCCC21CC1.Cc1c(S(N)(=O)=O)cc(-c2cc(C(C)(C)O)c3c(c2)C2(CCO3)CC2)n1CC1CCCCC1. The number of nitrogens with zero attached hydrogens (tertiary/aromatic N) is 3. The van der Waals surface area contributed by atoms with E-state index in [1.807, 2.05) is 39.8 Å². The molecule has 6 heterocycles. The highest BCUT2D eigenvalue weighted by atomic mass is 32.2. The number of ether oxygens (including phenoxy) is 3. The second-order valence-corrected chi connectivity index (χ2v) is 35.7. The van der Waals surface area contributed by atoms with Gasteiger partial charge in [-0.15, -0.1) is 0 Å². The first-order chi connectivity index (χ1) is 45.9. The number of hydrogen-bond acceptors (Lipinski definition) is 11. The summed E-state index contributed by atoms with van der Waals surface area (Å²) in [5, 5.41) is 27.8. The van der Waals surface area contributed by atoms with Crippen LogP contribution in [0.4, 0.5) is 0 Å². The Bertz CT molecular complexity index is 4230. The number of Topliss-reactive ketones (excluding diaryl/α,β-unsaturated/α-hetero) is 1. The Morgan fingerprint density at radius 2 is 0.773 bits per heavy atom. The first-order valence-corrected chi connectivity index (χ1v) is 40.6. The average Bonchev–Trinajstić information content (AvgIpc) is 1.64. The van der Waals surface area contributed by atoms with E-state index in [-0.39, 0.29) is 36.7 Å². The van der Waals surface area contributed by atoms with Crippen molar-refractivity contribution in [3.63, 3.8) is 0 Å². The van der Waals surface area contributed by atoms with Crippen molar-refractivity contribution in [2.75, 3.05) is 19.8 Å². The summed E-state index contributed by atoms with van der Waals surface area (Å²) in [6.45, 7) is 21.4. The van der Waals surface area contributed by atoms with E-state index >= 15 is 0 Å². The predicted octanol–water partition coefficient (Wildman–Crippen LogP) is 15.0. The fourth-order valence-corrected chi connectivity index (χ4v) is 19.9.